The van der Waals surface area contributed by atoms with Gasteiger partial charge in [0.2, 0.25) is 11.9 Å². The second-order valence-corrected chi connectivity index (χ2v) is 13.0. The standard InChI is InChI=1S/C26H25ClN8OS.3C2HF3O2/c27-21-14-30-25-32-20-9-16(12-28-13-20)1-2-18-11-19(31-24(21)34-25)3-4-22(18)33-23(36)10-17-5-7-35(15-17)26-29-6-8-37-26;3*3-2(4,5)1(6)7/h3-4,6,8-9,11-14,17H,1-2,5,7,10,15H2,(H,33,36)(H2,30,31,32,34);3*(H,6,7). The summed E-state index contributed by atoms with van der Waals surface area (Å²) in [5, 5.41) is 34.5. The Morgan fingerprint density at radius 2 is 1.47 bits per heavy atom. The van der Waals surface area contributed by atoms with E-state index in [-0.39, 0.29) is 5.91 Å². The molecule has 2 aliphatic rings. The molecule has 6 rings (SSSR count). The molecule has 3 aromatic heterocycles. The summed E-state index contributed by atoms with van der Waals surface area (Å²) in [5.41, 5.74) is 4.54. The number of anilines is 6. The molecule has 1 fully saturated rings. The number of amides is 1. The van der Waals surface area contributed by atoms with Crippen LogP contribution in [0.1, 0.15) is 24.0 Å². The number of carboxylic acids is 3. The van der Waals surface area contributed by atoms with E-state index < -0.39 is 36.4 Å². The topological polar surface area (TPSA) is 220 Å². The van der Waals surface area contributed by atoms with Crippen LogP contribution in [0.3, 0.4) is 0 Å². The van der Waals surface area contributed by atoms with Crippen LogP contribution in [-0.2, 0) is 32.0 Å². The lowest BCUT2D eigenvalue weighted by molar-refractivity contribution is -0.193. The zero-order valence-electron chi connectivity index (χ0n) is 28.9. The molecule has 2 aliphatic heterocycles. The number of aromatic nitrogens is 4. The Labute approximate surface area is 328 Å². The molecule has 1 amide bonds. The summed E-state index contributed by atoms with van der Waals surface area (Å²) in [5.74, 6) is -7.01. The summed E-state index contributed by atoms with van der Waals surface area (Å²) in [7, 11) is 0. The molecule has 0 aliphatic carbocycles. The van der Waals surface area contributed by atoms with Crippen molar-refractivity contribution in [3.63, 3.8) is 0 Å². The van der Waals surface area contributed by atoms with Crippen LogP contribution in [0, 0.1) is 5.92 Å². The normalized spacial score (nSPS) is 14.7. The Morgan fingerprint density at radius 1 is 0.845 bits per heavy atom. The molecule has 6 bridgehead atoms. The summed E-state index contributed by atoms with van der Waals surface area (Å²) in [6.07, 6.45) is -5.31. The lowest BCUT2D eigenvalue weighted by Gasteiger charge is -2.16. The first-order valence-corrected chi connectivity index (χ1v) is 17.2. The van der Waals surface area contributed by atoms with Crippen LogP contribution in [0.2, 0.25) is 5.02 Å². The van der Waals surface area contributed by atoms with E-state index in [0.29, 0.717) is 29.1 Å². The van der Waals surface area contributed by atoms with Crippen molar-refractivity contribution in [2.45, 2.75) is 44.2 Å². The number of halogens is 10. The molecule has 1 unspecified atom stereocenters. The van der Waals surface area contributed by atoms with E-state index in [1.54, 1.807) is 23.7 Å². The molecule has 0 saturated carbocycles. The first kappa shape index (κ1) is 46.4. The Kier molecular flexibility index (Phi) is 15.9. The van der Waals surface area contributed by atoms with Gasteiger partial charge in [0, 0.05) is 48.7 Å². The van der Waals surface area contributed by atoms with Gasteiger partial charge in [-0.15, -0.1) is 11.3 Å². The maximum absolute atomic E-state index is 13.0. The van der Waals surface area contributed by atoms with Gasteiger partial charge in [-0.25, -0.2) is 24.4 Å². The SMILES string of the molecule is O=C(CC1CCN(c2nccs2)C1)Nc1ccc2cc1CCc1cncc(c1)Nc1ncc(Cl)c(n1)N2.O=C(O)C(F)(F)F.O=C(O)C(F)(F)F.O=C(O)C(F)(F)F. The van der Waals surface area contributed by atoms with E-state index in [2.05, 4.69) is 40.8 Å². The second-order valence-electron chi connectivity index (χ2n) is 11.7. The van der Waals surface area contributed by atoms with E-state index in [9.17, 15) is 44.3 Å². The van der Waals surface area contributed by atoms with Crippen molar-refractivity contribution < 1.29 is 74.0 Å². The first-order chi connectivity index (χ1) is 26.9. The van der Waals surface area contributed by atoms with Crippen molar-refractivity contribution in [3.05, 3.63) is 70.6 Å². The van der Waals surface area contributed by atoms with Gasteiger partial charge in [-0.05, 0) is 60.6 Å². The van der Waals surface area contributed by atoms with E-state index >= 15 is 0 Å². The molecule has 6 N–H and O–H groups in total. The number of carbonyl (C=O) groups is 4. The fourth-order valence-electron chi connectivity index (χ4n) is 4.76. The predicted molar refractivity (Wildman–Crippen MR) is 188 cm³/mol. The van der Waals surface area contributed by atoms with Crippen LogP contribution in [-0.4, -0.2) is 90.7 Å². The summed E-state index contributed by atoms with van der Waals surface area (Å²) >= 11 is 8.01. The Balaban J connectivity index is 0.000000353. The number of carbonyl (C=O) groups excluding carboxylic acids is 1. The van der Waals surface area contributed by atoms with Gasteiger partial charge >= 0.3 is 36.4 Å². The van der Waals surface area contributed by atoms with Gasteiger partial charge in [-0.3, -0.25) is 9.78 Å². The van der Waals surface area contributed by atoms with Crippen molar-refractivity contribution in [2.75, 3.05) is 33.9 Å². The van der Waals surface area contributed by atoms with Crippen LogP contribution in [0.5, 0.6) is 0 Å². The fraction of sp³-hybridized carbons (Fsp3) is 0.312. The summed E-state index contributed by atoms with van der Waals surface area (Å²) in [6, 6.07) is 7.93. The number of thiazole rings is 1. The maximum atomic E-state index is 13.0. The number of nitrogens with zero attached hydrogens (tertiary/aromatic N) is 5. The summed E-state index contributed by atoms with van der Waals surface area (Å²) in [4.78, 5) is 59.6. The number of nitrogens with one attached hydrogen (secondary N) is 3. The largest absolute Gasteiger partial charge is 0.490 e. The van der Waals surface area contributed by atoms with E-state index in [0.717, 1.165) is 65.7 Å². The third-order valence-corrected chi connectivity index (χ3v) is 8.41. The summed E-state index contributed by atoms with van der Waals surface area (Å²) in [6.45, 7) is 1.79. The second kappa shape index (κ2) is 19.9. The average molecular weight is 875 g/mol. The van der Waals surface area contributed by atoms with E-state index in [1.165, 1.54) is 0 Å². The quantitative estimate of drug-likeness (QED) is 0.111. The minimum absolute atomic E-state index is 0.0298. The molecule has 1 atom stereocenters. The smallest absolute Gasteiger partial charge is 0.475 e. The van der Waals surface area contributed by atoms with Crippen LogP contribution in [0.4, 0.5) is 73.5 Å². The molecular formula is C32H28ClF9N8O7S. The third kappa shape index (κ3) is 15.2. The van der Waals surface area contributed by atoms with Crippen LogP contribution < -0.4 is 20.9 Å². The van der Waals surface area contributed by atoms with E-state index in [1.807, 2.05) is 42.0 Å². The van der Waals surface area contributed by atoms with Crippen molar-refractivity contribution in [3.8, 4) is 0 Å². The molecule has 1 aromatic carbocycles. The molecule has 0 spiro atoms. The van der Waals surface area contributed by atoms with Gasteiger partial charge in [0.05, 0.1) is 18.1 Å². The van der Waals surface area contributed by atoms with Crippen molar-refractivity contribution in [1.29, 1.82) is 0 Å². The molecule has 0 radical (unpaired) electrons. The van der Waals surface area contributed by atoms with E-state index in [4.69, 9.17) is 41.3 Å². The zero-order chi connectivity index (χ0) is 43.4. The highest BCUT2D eigenvalue weighted by Gasteiger charge is 2.39. The molecule has 314 valence electrons. The zero-order valence-corrected chi connectivity index (χ0v) is 30.5. The molecule has 15 nitrogen and oxygen atoms in total. The summed E-state index contributed by atoms with van der Waals surface area (Å²) < 4.78 is 95.2. The number of pyridine rings is 1. The number of alkyl halides is 9. The minimum Gasteiger partial charge on any atom is -0.475 e. The van der Waals surface area contributed by atoms with Gasteiger partial charge in [-0.2, -0.15) is 44.5 Å². The maximum Gasteiger partial charge on any atom is 0.490 e. The van der Waals surface area contributed by atoms with Gasteiger partial charge in [0.1, 0.15) is 5.02 Å². The lowest BCUT2D eigenvalue weighted by Crippen LogP contribution is -2.22. The number of rotatable bonds is 4. The third-order valence-electron chi connectivity index (χ3n) is 7.30. The highest BCUT2D eigenvalue weighted by atomic mass is 35.5. The fourth-order valence-corrected chi connectivity index (χ4v) is 5.58. The van der Waals surface area contributed by atoms with Crippen LogP contribution in [0.15, 0.2) is 54.4 Å². The highest BCUT2D eigenvalue weighted by molar-refractivity contribution is 7.13. The lowest BCUT2D eigenvalue weighted by atomic mass is 10.0. The Bertz CT molecular complexity index is 2000. The predicted octanol–water partition coefficient (Wildman–Crippen LogP) is 7.32. The number of benzene rings is 1. The van der Waals surface area contributed by atoms with Crippen LogP contribution in [0.25, 0.3) is 0 Å². The molecule has 1 saturated heterocycles. The number of hydrogen-bond donors (Lipinski definition) is 6. The first-order valence-electron chi connectivity index (χ1n) is 15.9. The number of aliphatic carboxylic acids is 3. The monoisotopic (exact) mass is 874 g/mol. The average Bonchev–Trinajstić information content (AvgIpc) is 3.82. The highest BCUT2D eigenvalue weighted by Crippen LogP contribution is 2.31. The van der Waals surface area contributed by atoms with Gasteiger partial charge in [0.25, 0.3) is 0 Å². The van der Waals surface area contributed by atoms with Gasteiger partial charge < -0.3 is 36.2 Å². The molecule has 26 heteroatoms. The van der Waals surface area contributed by atoms with Gasteiger partial charge in [0.15, 0.2) is 10.9 Å². The number of carboxylic acid groups (broad SMARTS) is 3. The van der Waals surface area contributed by atoms with Crippen LogP contribution >= 0.6 is 22.9 Å². The molecular weight excluding hydrogens is 847 g/mol. The van der Waals surface area contributed by atoms with Crippen molar-refractivity contribution >= 4 is 80.7 Å². The molecule has 4 aromatic rings. The number of hydrogen-bond acceptors (Lipinski definition) is 12. The molecule has 5 heterocycles. The van der Waals surface area contributed by atoms with Gasteiger partial charge in [-0.1, -0.05) is 11.6 Å². The number of aryl methyl sites for hydroxylation is 2. The molecule has 58 heavy (non-hydrogen) atoms. The number of fused-ring (bicyclic) bond motifs is 6. The van der Waals surface area contributed by atoms with Crippen molar-refractivity contribution in [1.82, 2.24) is 19.9 Å². The Morgan fingerprint density at radius 3 is 2.03 bits per heavy atom. The van der Waals surface area contributed by atoms with Crippen molar-refractivity contribution in [2.24, 2.45) is 5.92 Å². The Hall–Kier alpha value is -5.98. The minimum atomic E-state index is -5.08.